The quantitative estimate of drug-likeness (QED) is 0.620. The third kappa shape index (κ3) is 3.97. The lowest BCUT2D eigenvalue weighted by Gasteiger charge is -2.18. The first-order chi connectivity index (χ1) is 10.2. The van der Waals surface area contributed by atoms with E-state index in [0.717, 1.165) is 33.5 Å². The van der Waals surface area contributed by atoms with Gasteiger partial charge in [0.2, 0.25) is 0 Å². The number of hydrogen-bond donors (Lipinski definition) is 2. The van der Waals surface area contributed by atoms with E-state index in [2.05, 4.69) is 27.4 Å². The highest BCUT2D eigenvalue weighted by Crippen LogP contribution is 2.29. The van der Waals surface area contributed by atoms with Crippen molar-refractivity contribution in [1.29, 1.82) is 0 Å². The Bertz CT molecular complexity index is 605. The van der Waals surface area contributed by atoms with E-state index in [1.807, 2.05) is 36.4 Å². The van der Waals surface area contributed by atoms with Crippen molar-refractivity contribution in [3.63, 3.8) is 0 Å². The molecule has 3 N–H and O–H groups in total. The SMILES string of the molecule is COc1cccc(CC(NN)c2ccc(OC)c(Br)c2)c1. The topological polar surface area (TPSA) is 56.5 Å². The Morgan fingerprint density at radius 1 is 1.14 bits per heavy atom. The summed E-state index contributed by atoms with van der Waals surface area (Å²) in [6.45, 7) is 0. The molecule has 0 fully saturated rings. The third-order valence-corrected chi connectivity index (χ3v) is 3.97. The molecule has 0 radical (unpaired) electrons. The monoisotopic (exact) mass is 350 g/mol. The minimum absolute atomic E-state index is 0.0133. The Kier molecular flexibility index (Phi) is 5.61. The molecule has 21 heavy (non-hydrogen) atoms. The second kappa shape index (κ2) is 7.45. The Morgan fingerprint density at radius 3 is 2.57 bits per heavy atom. The van der Waals surface area contributed by atoms with Crippen LogP contribution in [0.25, 0.3) is 0 Å². The summed E-state index contributed by atoms with van der Waals surface area (Å²) >= 11 is 3.50. The first-order valence-electron chi connectivity index (χ1n) is 6.60. The zero-order valence-electron chi connectivity index (χ0n) is 12.1. The smallest absolute Gasteiger partial charge is 0.133 e. The molecule has 2 rings (SSSR count). The van der Waals surface area contributed by atoms with E-state index in [0.29, 0.717) is 0 Å². The number of benzene rings is 2. The van der Waals surface area contributed by atoms with Crippen LogP contribution in [0.2, 0.25) is 0 Å². The predicted molar refractivity (Wildman–Crippen MR) is 87.5 cm³/mol. The van der Waals surface area contributed by atoms with Crippen molar-refractivity contribution in [2.24, 2.45) is 5.84 Å². The van der Waals surface area contributed by atoms with Gasteiger partial charge >= 0.3 is 0 Å². The molecule has 1 atom stereocenters. The van der Waals surface area contributed by atoms with Gasteiger partial charge in [0.15, 0.2) is 0 Å². The van der Waals surface area contributed by atoms with Crippen molar-refractivity contribution in [1.82, 2.24) is 5.43 Å². The summed E-state index contributed by atoms with van der Waals surface area (Å²) in [5.41, 5.74) is 5.11. The fraction of sp³-hybridized carbons (Fsp3) is 0.250. The van der Waals surface area contributed by atoms with Gasteiger partial charge in [0.1, 0.15) is 11.5 Å². The van der Waals surface area contributed by atoms with Gasteiger partial charge in [-0.2, -0.15) is 0 Å². The Balaban J connectivity index is 2.21. The number of nitrogens with one attached hydrogen (secondary N) is 1. The van der Waals surface area contributed by atoms with E-state index in [4.69, 9.17) is 15.3 Å². The molecule has 2 aromatic carbocycles. The van der Waals surface area contributed by atoms with Crippen LogP contribution in [0.3, 0.4) is 0 Å². The van der Waals surface area contributed by atoms with Gasteiger partial charge in [0.05, 0.1) is 24.7 Å². The van der Waals surface area contributed by atoms with Gasteiger partial charge in [-0.25, -0.2) is 0 Å². The van der Waals surface area contributed by atoms with Crippen molar-refractivity contribution in [3.05, 3.63) is 58.1 Å². The minimum Gasteiger partial charge on any atom is -0.497 e. The third-order valence-electron chi connectivity index (χ3n) is 3.35. The lowest BCUT2D eigenvalue weighted by molar-refractivity contribution is 0.411. The summed E-state index contributed by atoms with van der Waals surface area (Å²) in [7, 11) is 3.31. The molecule has 0 saturated carbocycles. The molecular weight excluding hydrogens is 332 g/mol. The van der Waals surface area contributed by atoms with Crippen LogP contribution >= 0.6 is 15.9 Å². The molecule has 4 nitrogen and oxygen atoms in total. The maximum atomic E-state index is 5.72. The van der Waals surface area contributed by atoms with E-state index < -0.39 is 0 Å². The standard InChI is InChI=1S/C16H19BrN2O2/c1-20-13-5-3-4-11(8-13)9-15(19-18)12-6-7-16(21-2)14(17)10-12/h3-8,10,15,19H,9,18H2,1-2H3. The van der Waals surface area contributed by atoms with Crippen LogP contribution in [0.15, 0.2) is 46.9 Å². The Hall–Kier alpha value is -1.56. The van der Waals surface area contributed by atoms with Crippen molar-refractivity contribution >= 4 is 15.9 Å². The average Bonchev–Trinajstić information content (AvgIpc) is 2.52. The van der Waals surface area contributed by atoms with Gasteiger partial charge in [-0.1, -0.05) is 18.2 Å². The summed E-state index contributed by atoms with van der Waals surface area (Å²) in [6.07, 6.45) is 0.770. The number of ether oxygens (including phenoxy) is 2. The van der Waals surface area contributed by atoms with E-state index >= 15 is 0 Å². The van der Waals surface area contributed by atoms with Gasteiger partial charge in [-0.3, -0.25) is 11.3 Å². The minimum atomic E-state index is 0.0133. The first-order valence-corrected chi connectivity index (χ1v) is 7.39. The highest BCUT2D eigenvalue weighted by Gasteiger charge is 2.13. The Morgan fingerprint density at radius 2 is 1.95 bits per heavy atom. The molecule has 5 heteroatoms. The molecule has 0 saturated heterocycles. The highest BCUT2D eigenvalue weighted by molar-refractivity contribution is 9.10. The molecular formula is C16H19BrN2O2. The van der Waals surface area contributed by atoms with Crippen molar-refractivity contribution in [2.45, 2.75) is 12.5 Å². The van der Waals surface area contributed by atoms with Gasteiger partial charge in [-0.15, -0.1) is 0 Å². The highest BCUT2D eigenvalue weighted by atomic mass is 79.9. The van der Waals surface area contributed by atoms with Crippen molar-refractivity contribution in [2.75, 3.05) is 14.2 Å². The van der Waals surface area contributed by atoms with E-state index in [9.17, 15) is 0 Å². The van der Waals surface area contributed by atoms with Crippen LogP contribution in [-0.4, -0.2) is 14.2 Å². The normalized spacial score (nSPS) is 12.0. The van der Waals surface area contributed by atoms with E-state index in [-0.39, 0.29) is 6.04 Å². The van der Waals surface area contributed by atoms with Gasteiger partial charge in [0.25, 0.3) is 0 Å². The molecule has 2 aromatic rings. The zero-order valence-corrected chi connectivity index (χ0v) is 13.7. The zero-order chi connectivity index (χ0) is 15.2. The number of hydrogen-bond acceptors (Lipinski definition) is 4. The first kappa shape index (κ1) is 15.8. The number of hydrazine groups is 1. The fourth-order valence-corrected chi connectivity index (χ4v) is 2.77. The largest absolute Gasteiger partial charge is 0.497 e. The average molecular weight is 351 g/mol. The van der Waals surface area contributed by atoms with Gasteiger partial charge in [0, 0.05) is 0 Å². The van der Waals surface area contributed by atoms with E-state index in [1.165, 1.54) is 0 Å². The molecule has 0 aliphatic heterocycles. The molecule has 0 bridgehead atoms. The summed E-state index contributed by atoms with van der Waals surface area (Å²) in [4.78, 5) is 0. The second-order valence-electron chi connectivity index (χ2n) is 4.67. The number of nitrogens with two attached hydrogens (primary N) is 1. The van der Waals surface area contributed by atoms with Crippen LogP contribution in [0.1, 0.15) is 17.2 Å². The number of halogens is 1. The number of rotatable bonds is 6. The summed E-state index contributed by atoms with van der Waals surface area (Å²) < 4.78 is 11.4. The van der Waals surface area contributed by atoms with Crippen LogP contribution in [0, 0.1) is 0 Å². The maximum absolute atomic E-state index is 5.72. The van der Waals surface area contributed by atoms with Crippen LogP contribution in [0.5, 0.6) is 11.5 Å². The van der Waals surface area contributed by atoms with Crippen LogP contribution < -0.4 is 20.7 Å². The van der Waals surface area contributed by atoms with E-state index in [1.54, 1.807) is 14.2 Å². The molecule has 1 unspecified atom stereocenters. The molecule has 0 heterocycles. The molecule has 0 aliphatic rings. The number of methoxy groups -OCH3 is 2. The summed E-state index contributed by atoms with van der Waals surface area (Å²) in [5, 5.41) is 0. The molecule has 0 amide bonds. The Labute approximate surface area is 133 Å². The predicted octanol–water partition coefficient (Wildman–Crippen LogP) is 3.21. The van der Waals surface area contributed by atoms with Crippen molar-refractivity contribution in [3.8, 4) is 11.5 Å². The molecule has 0 spiro atoms. The van der Waals surface area contributed by atoms with Gasteiger partial charge in [-0.05, 0) is 57.7 Å². The molecule has 0 aliphatic carbocycles. The maximum Gasteiger partial charge on any atom is 0.133 e. The lowest BCUT2D eigenvalue weighted by Crippen LogP contribution is -2.29. The lowest BCUT2D eigenvalue weighted by atomic mass is 9.99. The molecule has 0 aromatic heterocycles. The summed E-state index contributed by atoms with van der Waals surface area (Å²) in [5.74, 6) is 7.36. The van der Waals surface area contributed by atoms with Crippen LogP contribution in [-0.2, 0) is 6.42 Å². The van der Waals surface area contributed by atoms with Crippen LogP contribution in [0.4, 0.5) is 0 Å². The second-order valence-corrected chi connectivity index (χ2v) is 5.52. The van der Waals surface area contributed by atoms with Gasteiger partial charge < -0.3 is 9.47 Å². The van der Waals surface area contributed by atoms with Crippen molar-refractivity contribution < 1.29 is 9.47 Å². The fourth-order valence-electron chi connectivity index (χ4n) is 2.21. The summed E-state index contributed by atoms with van der Waals surface area (Å²) in [6, 6.07) is 13.9. The molecule has 112 valence electrons.